The Balaban J connectivity index is 1.27. The molecule has 0 bridgehead atoms. The predicted octanol–water partition coefficient (Wildman–Crippen LogP) is 5.95. The summed E-state index contributed by atoms with van der Waals surface area (Å²) in [6.45, 7) is 1.81. The molecule has 0 spiro atoms. The van der Waals surface area contributed by atoms with E-state index in [4.69, 9.17) is 4.74 Å². The third-order valence-corrected chi connectivity index (χ3v) is 8.12. The van der Waals surface area contributed by atoms with Crippen molar-refractivity contribution in [2.24, 2.45) is 0 Å². The minimum atomic E-state index is -0.367. The molecule has 9 nitrogen and oxygen atoms in total. The van der Waals surface area contributed by atoms with Gasteiger partial charge in [0.2, 0.25) is 5.91 Å². The second kappa shape index (κ2) is 10.4. The molecule has 4 amide bonds. The van der Waals surface area contributed by atoms with E-state index in [1.165, 1.54) is 11.3 Å². The lowest BCUT2D eigenvalue weighted by Crippen LogP contribution is -2.48. The van der Waals surface area contributed by atoms with Crippen molar-refractivity contribution < 1.29 is 19.1 Å². The first kappa shape index (κ1) is 24.9. The van der Waals surface area contributed by atoms with E-state index in [2.05, 4.69) is 20.9 Å². The lowest BCUT2D eigenvalue weighted by Gasteiger charge is -2.28. The maximum atomic E-state index is 13.4. The Bertz CT molecular complexity index is 1550. The van der Waals surface area contributed by atoms with Crippen molar-refractivity contribution >= 4 is 56.5 Å². The van der Waals surface area contributed by atoms with Crippen LogP contribution in [0.3, 0.4) is 0 Å². The van der Waals surface area contributed by atoms with Crippen LogP contribution in [0.15, 0.2) is 66.9 Å². The van der Waals surface area contributed by atoms with Crippen molar-refractivity contribution in [3.63, 3.8) is 0 Å². The predicted molar refractivity (Wildman–Crippen MR) is 151 cm³/mol. The van der Waals surface area contributed by atoms with Crippen molar-refractivity contribution in [2.45, 2.75) is 44.7 Å². The number of nitrogens with one attached hydrogen (secondary N) is 3. The maximum Gasteiger partial charge on any atom is 0.331 e. The average molecular weight is 542 g/mol. The molecule has 0 radical (unpaired) electrons. The van der Waals surface area contributed by atoms with Gasteiger partial charge in [-0.3, -0.25) is 14.5 Å². The Hall–Kier alpha value is -4.44. The van der Waals surface area contributed by atoms with E-state index in [-0.39, 0.29) is 29.9 Å². The van der Waals surface area contributed by atoms with Gasteiger partial charge in [0, 0.05) is 24.7 Å². The highest BCUT2D eigenvalue weighted by molar-refractivity contribution is 7.21. The number of nitrogens with zero attached hydrogens (tertiary/aromatic N) is 2. The molecule has 1 fully saturated rings. The molecule has 3 N–H and O–H groups in total. The van der Waals surface area contributed by atoms with Crippen LogP contribution in [0.25, 0.3) is 10.2 Å². The summed E-state index contributed by atoms with van der Waals surface area (Å²) >= 11 is 1.24. The van der Waals surface area contributed by atoms with Crippen LogP contribution in [0, 0.1) is 0 Å². The van der Waals surface area contributed by atoms with Crippen molar-refractivity contribution in [1.29, 1.82) is 0 Å². The Kier molecular flexibility index (Phi) is 6.62. The summed E-state index contributed by atoms with van der Waals surface area (Å²) in [6, 6.07) is 17.9. The molecular weight excluding hydrogens is 514 g/mol. The molecule has 6 rings (SSSR count). The van der Waals surface area contributed by atoms with Crippen molar-refractivity contribution in [1.82, 2.24) is 15.6 Å². The van der Waals surface area contributed by atoms with Gasteiger partial charge in [0.05, 0.1) is 22.4 Å². The zero-order valence-electron chi connectivity index (χ0n) is 21.3. The quantitative estimate of drug-likeness (QED) is 0.268. The van der Waals surface area contributed by atoms with Crippen molar-refractivity contribution in [3.05, 3.63) is 71.7 Å². The summed E-state index contributed by atoms with van der Waals surface area (Å²) in [4.78, 5) is 45.8. The lowest BCUT2D eigenvalue weighted by molar-refractivity contribution is -0.121. The molecule has 0 unspecified atom stereocenters. The number of hydrogen-bond donors (Lipinski definition) is 3. The largest absolute Gasteiger partial charge is 0.457 e. The number of carbonyl (C=O) groups is 3. The molecule has 10 heteroatoms. The fourth-order valence-corrected chi connectivity index (χ4v) is 6.16. The first-order valence-electron chi connectivity index (χ1n) is 13.0. The number of hydrogen-bond acceptors (Lipinski definition) is 6. The van der Waals surface area contributed by atoms with Gasteiger partial charge in [-0.2, -0.15) is 0 Å². The molecule has 198 valence electrons. The molecule has 4 aromatic rings. The van der Waals surface area contributed by atoms with Crippen LogP contribution in [-0.2, 0) is 4.79 Å². The highest BCUT2D eigenvalue weighted by Crippen LogP contribution is 2.46. The molecule has 0 saturated heterocycles. The van der Waals surface area contributed by atoms with Gasteiger partial charge in [0.25, 0.3) is 5.91 Å². The van der Waals surface area contributed by atoms with Gasteiger partial charge in [-0.15, -0.1) is 11.3 Å². The number of ether oxygens (including phenoxy) is 1. The summed E-state index contributed by atoms with van der Waals surface area (Å²) in [5.74, 6) is 1.07. The maximum absolute atomic E-state index is 13.4. The highest BCUT2D eigenvalue weighted by atomic mass is 32.1. The lowest BCUT2D eigenvalue weighted by atomic mass is 10.1. The highest BCUT2D eigenvalue weighted by Gasteiger charge is 2.35. The molecule has 2 aromatic heterocycles. The number of rotatable bonds is 7. The molecule has 2 aliphatic rings. The number of amides is 4. The summed E-state index contributed by atoms with van der Waals surface area (Å²) in [7, 11) is 0. The van der Waals surface area contributed by atoms with Crippen LogP contribution < -0.4 is 25.6 Å². The molecule has 2 atom stereocenters. The summed E-state index contributed by atoms with van der Waals surface area (Å²) in [5.41, 5.74) is 1.77. The topological polar surface area (TPSA) is 113 Å². The number of aromatic nitrogens is 1. The SMILES string of the molecule is CCC(=O)N[C@@H]1CCC[C@H]1NC(=O)c1sc2nccc3c2c1NC(=O)N3c1ccc(Oc2ccccc2)cc1. The number of anilines is 3. The standard InChI is InChI=1S/C29H27N5O4S/c1-2-23(35)31-20-9-6-10-21(20)32-27(36)26-25-24-22(15-16-30-28(24)39-26)34(29(37)33-25)17-11-13-19(14-12-17)38-18-7-4-3-5-8-18/h3-5,7-8,11-16,20-21H,2,6,9-10H2,1H3,(H,31,35)(H,32,36)(H,33,37)/t20-,21-/m1/s1. The van der Waals surface area contributed by atoms with Gasteiger partial charge < -0.3 is 20.7 Å². The van der Waals surface area contributed by atoms with Gasteiger partial charge in [-0.05, 0) is 61.7 Å². The zero-order chi connectivity index (χ0) is 26.9. The Morgan fingerprint density at radius 2 is 1.74 bits per heavy atom. The molecular formula is C29H27N5O4S. The number of thiophene rings is 1. The van der Waals surface area contributed by atoms with Crippen molar-refractivity contribution in [3.8, 4) is 11.5 Å². The van der Waals surface area contributed by atoms with Crippen molar-refractivity contribution in [2.75, 3.05) is 10.2 Å². The normalized spacial score (nSPS) is 18.1. The molecule has 1 aliphatic carbocycles. The van der Waals surface area contributed by atoms with E-state index in [0.717, 1.165) is 30.4 Å². The van der Waals surface area contributed by atoms with Gasteiger partial charge in [0.15, 0.2) is 0 Å². The van der Waals surface area contributed by atoms with E-state index in [1.54, 1.807) is 17.2 Å². The first-order chi connectivity index (χ1) is 19.0. The number of carbonyl (C=O) groups excluding carboxylic acids is 3. The fraction of sp³-hybridized carbons (Fsp3) is 0.241. The Morgan fingerprint density at radius 1 is 1.03 bits per heavy atom. The second-order valence-corrected chi connectivity index (χ2v) is 10.5. The third-order valence-electron chi connectivity index (χ3n) is 7.03. The number of benzene rings is 2. The second-order valence-electron chi connectivity index (χ2n) is 9.53. The van der Waals surface area contributed by atoms with Gasteiger partial charge in [0.1, 0.15) is 21.2 Å². The summed E-state index contributed by atoms with van der Waals surface area (Å²) in [5, 5.41) is 9.75. The van der Waals surface area contributed by atoms with E-state index in [1.807, 2.05) is 61.5 Å². The summed E-state index contributed by atoms with van der Waals surface area (Å²) in [6.07, 6.45) is 4.57. The van der Waals surface area contributed by atoms with E-state index in [9.17, 15) is 14.4 Å². The van der Waals surface area contributed by atoms with E-state index >= 15 is 0 Å². The minimum absolute atomic E-state index is 0.0287. The van der Waals surface area contributed by atoms with Gasteiger partial charge >= 0.3 is 6.03 Å². The molecule has 1 aliphatic heterocycles. The number of urea groups is 1. The Labute approximate surface area is 229 Å². The zero-order valence-corrected chi connectivity index (χ0v) is 22.1. The Morgan fingerprint density at radius 3 is 2.49 bits per heavy atom. The van der Waals surface area contributed by atoms with Crippen LogP contribution >= 0.6 is 11.3 Å². The van der Waals surface area contributed by atoms with Crippen LogP contribution in [0.2, 0.25) is 0 Å². The molecule has 1 saturated carbocycles. The van der Waals surface area contributed by atoms with E-state index < -0.39 is 0 Å². The average Bonchev–Trinajstić information content (AvgIpc) is 3.54. The van der Waals surface area contributed by atoms with Crippen LogP contribution in [-0.4, -0.2) is 34.9 Å². The van der Waals surface area contributed by atoms with Gasteiger partial charge in [-0.1, -0.05) is 25.1 Å². The molecule has 2 aromatic carbocycles. The fourth-order valence-electron chi connectivity index (χ4n) is 5.14. The third kappa shape index (κ3) is 4.79. The molecule has 3 heterocycles. The van der Waals surface area contributed by atoms with Crippen LogP contribution in [0.5, 0.6) is 11.5 Å². The molecule has 39 heavy (non-hydrogen) atoms. The number of para-hydroxylation sites is 1. The van der Waals surface area contributed by atoms with Crippen LogP contribution in [0.1, 0.15) is 42.3 Å². The minimum Gasteiger partial charge on any atom is -0.457 e. The smallest absolute Gasteiger partial charge is 0.331 e. The number of pyridine rings is 1. The van der Waals surface area contributed by atoms with E-state index in [0.29, 0.717) is 38.9 Å². The van der Waals surface area contributed by atoms with Gasteiger partial charge in [-0.25, -0.2) is 9.78 Å². The monoisotopic (exact) mass is 541 g/mol. The summed E-state index contributed by atoms with van der Waals surface area (Å²) < 4.78 is 5.89. The van der Waals surface area contributed by atoms with Crippen LogP contribution in [0.4, 0.5) is 21.9 Å². The first-order valence-corrected chi connectivity index (χ1v) is 13.8.